The van der Waals surface area contributed by atoms with Crippen molar-refractivity contribution in [1.29, 1.82) is 0 Å². The highest BCUT2D eigenvalue weighted by Crippen LogP contribution is 2.65. The Morgan fingerprint density at radius 1 is 1.65 bits per heavy atom. The summed E-state index contributed by atoms with van der Waals surface area (Å²) in [5, 5.41) is 5.03. The Balaban J connectivity index is 2.26. The van der Waals surface area contributed by atoms with Gasteiger partial charge in [-0.25, -0.2) is 4.98 Å². The van der Waals surface area contributed by atoms with E-state index in [0.29, 0.717) is 0 Å². The third kappa shape index (κ3) is 3.36. The molecule has 2 heterocycles. The maximum Gasteiger partial charge on any atom is 0.129 e. The van der Waals surface area contributed by atoms with E-state index in [1.54, 1.807) is 0 Å². The number of anilines is 1. The molecule has 1 aliphatic rings. The Bertz CT molecular complexity index is 386. The molecule has 0 bridgehead atoms. The second kappa shape index (κ2) is 6.73. The molecule has 0 amide bonds. The number of pyridine rings is 1. The number of nitrogens with zero attached hydrogens (tertiary/aromatic N) is 1. The zero-order valence-corrected chi connectivity index (χ0v) is 14.3. The molecule has 1 aliphatic heterocycles. The third-order valence-electron chi connectivity index (χ3n) is 3.18. The quantitative estimate of drug-likeness (QED) is 0.857. The molecule has 0 saturated heterocycles. The van der Waals surface area contributed by atoms with Gasteiger partial charge in [-0.15, -0.1) is 17.9 Å². The second-order valence-electron chi connectivity index (χ2n) is 4.40. The lowest BCUT2D eigenvalue weighted by Crippen LogP contribution is -2.27. The van der Waals surface area contributed by atoms with Gasteiger partial charge in [-0.3, -0.25) is 0 Å². The lowest BCUT2D eigenvalue weighted by atomic mass is 9.92. The van der Waals surface area contributed by atoms with Gasteiger partial charge < -0.3 is 5.32 Å². The highest BCUT2D eigenvalue weighted by atomic mass is 32.6. The van der Waals surface area contributed by atoms with Crippen molar-refractivity contribution in [3.05, 3.63) is 17.8 Å². The van der Waals surface area contributed by atoms with Crippen LogP contribution in [0.25, 0.3) is 0 Å². The first-order valence-electron chi connectivity index (χ1n) is 5.99. The van der Waals surface area contributed by atoms with E-state index in [1.807, 2.05) is 6.20 Å². The van der Waals surface area contributed by atoms with Crippen LogP contribution in [0, 0.1) is 5.92 Å². The van der Waals surface area contributed by atoms with Gasteiger partial charge in [0.25, 0.3) is 0 Å². The van der Waals surface area contributed by atoms with Crippen molar-refractivity contribution in [2.45, 2.75) is 26.2 Å². The minimum Gasteiger partial charge on any atom is -0.370 e. The van der Waals surface area contributed by atoms with Crippen LogP contribution < -0.4 is 10.6 Å². The van der Waals surface area contributed by atoms with Crippen molar-refractivity contribution in [3.63, 3.8) is 0 Å². The number of hydrogen-bond donors (Lipinski definition) is 1. The number of fused-ring (bicyclic) bond motifs is 1. The Morgan fingerprint density at radius 3 is 3.18 bits per heavy atom. The topological polar surface area (TPSA) is 24.9 Å². The average molecular weight is 304 g/mol. The number of hydrogen-bond acceptors (Lipinski definition) is 2. The van der Waals surface area contributed by atoms with Gasteiger partial charge in [-0.05, 0) is 37.4 Å². The number of rotatable bonds is 4. The van der Waals surface area contributed by atoms with Gasteiger partial charge >= 0.3 is 0 Å². The normalized spacial score (nSPS) is 21.2. The number of nitrogens with one attached hydrogen (secondary N) is 1. The lowest BCUT2D eigenvalue weighted by molar-refractivity contribution is 0.488. The molecule has 1 aromatic heterocycles. The van der Waals surface area contributed by atoms with Crippen LogP contribution in [0.2, 0.25) is 0 Å². The van der Waals surface area contributed by atoms with Gasteiger partial charge in [0, 0.05) is 18.3 Å². The monoisotopic (exact) mass is 304 g/mol. The summed E-state index contributed by atoms with van der Waals surface area (Å²) >= 11 is 0. The van der Waals surface area contributed by atoms with Gasteiger partial charge in [0.05, 0.1) is 0 Å². The van der Waals surface area contributed by atoms with Crippen molar-refractivity contribution in [2.75, 3.05) is 11.9 Å². The lowest BCUT2D eigenvalue weighted by Gasteiger charge is -2.28. The highest BCUT2D eigenvalue weighted by molar-refractivity contribution is 8.63. The molecule has 94 valence electrons. The molecule has 6 heteroatoms. The van der Waals surface area contributed by atoms with Crippen molar-refractivity contribution in [3.8, 4) is 0 Å². The molecule has 0 radical (unpaired) electrons. The minimum absolute atomic E-state index is 0.0890. The average Bonchev–Trinajstić information content (AvgIpc) is 2.37. The first-order valence-corrected chi connectivity index (χ1v) is 12.6. The van der Waals surface area contributed by atoms with E-state index in [9.17, 15) is 0 Å². The van der Waals surface area contributed by atoms with Crippen LogP contribution >= 0.6 is 33.1 Å². The summed E-state index contributed by atoms with van der Waals surface area (Å²) in [5.41, 5.74) is 1.48. The largest absolute Gasteiger partial charge is 0.370 e. The van der Waals surface area contributed by atoms with E-state index in [0.717, 1.165) is 26.2 Å². The molecule has 0 saturated carbocycles. The first kappa shape index (κ1) is 14.1. The number of aromatic nitrogens is 1. The van der Waals surface area contributed by atoms with E-state index < -0.39 is 0 Å². The highest BCUT2D eigenvalue weighted by Gasteiger charge is 2.22. The summed E-state index contributed by atoms with van der Waals surface area (Å²) in [4.78, 5) is 4.48. The van der Waals surface area contributed by atoms with E-state index in [2.05, 4.69) is 41.1 Å². The zero-order valence-electron chi connectivity index (χ0n) is 10.1. The van der Waals surface area contributed by atoms with Crippen molar-refractivity contribution in [1.82, 2.24) is 4.98 Å². The molecule has 2 rings (SSSR count). The molecule has 0 spiro atoms. The Kier molecular flexibility index (Phi) is 5.57. The molecule has 2 nitrogen and oxygen atoms in total. The van der Waals surface area contributed by atoms with Crippen molar-refractivity contribution < 1.29 is 0 Å². The summed E-state index contributed by atoms with van der Waals surface area (Å²) in [6.07, 6.45) is 5.75. The summed E-state index contributed by atoms with van der Waals surface area (Å²) < 4.78 is 0. The van der Waals surface area contributed by atoms with E-state index >= 15 is 0 Å². The van der Waals surface area contributed by atoms with Gasteiger partial charge in [0.2, 0.25) is 0 Å². The predicted octanol–water partition coefficient (Wildman–Crippen LogP) is 3.75. The van der Waals surface area contributed by atoms with Crippen LogP contribution in [0.1, 0.15) is 25.3 Å². The predicted molar refractivity (Wildman–Crippen MR) is 89.1 cm³/mol. The van der Waals surface area contributed by atoms with Crippen LogP contribution in [0.3, 0.4) is 0 Å². The van der Waals surface area contributed by atoms with E-state index in [-0.39, 0.29) is 7.30 Å². The summed E-state index contributed by atoms with van der Waals surface area (Å²) in [7, 11) is 6.73. The van der Waals surface area contributed by atoms with Gasteiger partial charge in [-0.1, -0.05) is 21.3 Å². The maximum absolute atomic E-state index is 4.48. The van der Waals surface area contributed by atoms with Gasteiger partial charge in [0.15, 0.2) is 0 Å². The van der Waals surface area contributed by atoms with Gasteiger partial charge in [0.1, 0.15) is 5.82 Å². The van der Waals surface area contributed by atoms with Gasteiger partial charge in [-0.2, -0.15) is 0 Å². The smallest absolute Gasteiger partial charge is 0.129 e. The van der Waals surface area contributed by atoms with E-state index in [4.69, 9.17) is 0 Å². The maximum atomic E-state index is 4.48. The minimum atomic E-state index is -0.0890. The molecule has 0 aromatic carbocycles. The molecular formula is C11H20N2P4. The Hall–Kier alpha value is 0.670. The molecule has 5 atom stereocenters. The molecule has 0 fully saturated rings. The third-order valence-corrected chi connectivity index (χ3v) is 13.3. The Labute approximate surface area is 111 Å². The molecule has 17 heavy (non-hydrogen) atoms. The first-order chi connectivity index (χ1) is 8.26. The van der Waals surface area contributed by atoms with Crippen LogP contribution in [-0.4, -0.2) is 11.5 Å². The molecule has 5 unspecified atom stereocenters. The fraction of sp³-hybridized carbons (Fsp3) is 0.545. The van der Waals surface area contributed by atoms with Crippen LogP contribution in [0.5, 0.6) is 0 Å². The summed E-state index contributed by atoms with van der Waals surface area (Å²) in [5.74, 6) is 1.92. The molecule has 0 aliphatic carbocycles. The van der Waals surface area contributed by atoms with Crippen LogP contribution in [0.4, 0.5) is 5.82 Å². The van der Waals surface area contributed by atoms with Crippen LogP contribution in [-0.2, 0) is 6.42 Å². The second-order valence-corrected chi connectivity index (χ2v) is 13.5. The zero-order chi connectivity index (χ0) is 12.3. The molecule has 1 N–H and O–H groups in total. The molecular weight excluding hydrogens is 284 g/mol. The fourth-order valence-electron chi connectivity index (χ4n) is 2.35. The van der Waals surface area contributed by atoms with Crippen molar-refractivity contribution in [2.24, 2.45) is 5.92 Å². The Morgan fingerprint density at radius 2 is 2.47 bits per heavy atom. The summed E-state index contributed by atoms with van der Waals surface area (Å²) in [6, 6.07) is 2.21. The standard InChI is InChI=1S/C11H20N2P4/c1-2-3-8-6-9-10(17(15)16-14)4-5-12-11(9)13-7-8/h4-5,8,16H,2-3,6-7,14-15H2,1H3,(H,12,13). The van der Waals surface area contributed by atoms with Crippen molar-refractivity contribution >= 4 is 44.2 Å². The fourth-order valence-corrected chi connectivity index (χ4v) is 6.22. The summed E-state index contributed by atoms with van der Waals surface area (Å²) in [6.45, 7) is 3.36. The van der Waals surface area contributed by atoms with E-state index in [1.165, 1.54) is 30.1 Å². The molecule has 1 aromatic rings. The SMILES string of the molecule is CCCC1CNc2nccc(P(P)PP)c2C1. The van der Waals surface area contributed by atoms with Crippen LogP contribution in [0.15, 0.2) is 12.3 Å².